The molecule has 1 fully saturated rings. The summed E-state index contributed by atoms with van der Waals surface area (Å²) in [6.07, 6.45) is 2.16. The van der Waals surface area contributed by atoms with Crippen LogP contribution in [0, 0.1) is 6.92 Å². The Morgan fingerprint density at radius 1 is 1.44 bits per heavy atom. The Morgan fingerprint density at radius 3 is 2.69 bits per heavy atom. The van der Waals surface area contributed by atoms with Gasteiger partial charge in [-0.05, 0) is 43.5 Å². The molecule has 1 aliphatic rings. The van der Waals surface area contributed by atoms with E-state index in [9.17, 15) is 8.42 Å². The molecule has 0 aromatic heterocycles. The second-order valence-corrected chi connectivity index (χ2v) is 6.55. The van der Waals surface area contributed by atoms with Crippen molar-refractivity contribution in [3.63, 3.8) is 0 Å². The van der Waals surface area contributed by atoms with E-state index >= 15 is 0 Å². The highest BCUT2D eigenvalue weighted by atomic mass is 35.5. The first-order valence-electron chi connectivity index (χ1n) is 5.21. The summed E-state index contributed by atoms with van der Waals surface area (Å²) in [7, 11) is -3.22. The molecule has 0 aliphatic heterocycles. The van der Waals surface area contributed by atoms with Crippen LogP contribution in [0.5, 0.6) is 0 Å². The van der Waals surface area contributed by atoms with Crippen LogP contribution in [0.1, 0.15) is 18.4 Å². The number of hydrogen-bond donors (Lipinski definition) is 1. The van der Waals surface area contributed by atoms with E-state index in [2.05, 4.69) is 5.32 Å². The molecule has 0 radical (unpaired) electrons. The zero-order valence-electron chi connectivity index (χ0n) is 9.03. The molecule has 1 N–H and O–H groups in total. The van der Waals surface area contributed by atoms with Crippen molar-refractivity contribution >= 4 is 21.4 Å². The van der Waals surface area contributed by atoms with Gasteiger partial charge in [0.05, 0.1) is 4.90 Å². The van der Waals surface area contributed by atoms with Crippen molar-refractivity contribution in [1.82, 2.24) is 5.32 Å². The summed E-state index contributed by atoms with van der Waals surface area (Å²) in [6.45, 7) is 1.80. The number of rotatable bonds is 4. The number of benzene rings is 1. The monoisotopic (exact) mass is 259 g/mol. The Labute approximate surface area is 101 Å². The largest absolute Gasteiger partial charge is 0.301 e. The smallest absolute Gasteiger partial charge is 0.191 e. The minimum Gasteiger partial charge on any atom is -0.301 e. The summed E-state index contributed by atoms with van der Waals surface area (Å²) in [5.41, 5.74) is 0.786. The summed E-state index contributed by atoms with van der Waals surface area (Å²) in [6, 6.07) is 5.19. The zero-order chi connectivity index (χ0) is 11.8. The van der Waals surface area contributed by atoms with Crippen LogP contribution in [0.3, 0.4) is 0 Å². The fourth-order valence-electron chi connectivity index (χ4n) is 1.41. The fourth-order valence-corrected chi connectivity index (χ4v) is 2.78. The molecule has 0 atom stereocenters. The molecule has 0 spiro atoms. The molecule has 3 nitrogen and oxygen atoms in total. The maximum absolute atomic E-state index is 11.9. The van der Waals surface area contributed by atoms with Crippen molar-refractivity contribution in [3.05, 3.63) is 28.8 Å². The van der Waals surface area contributed by atoms with Crippen molar-refractivity contribution < 1.29 is 8.42 Å². The van der Waals surface area contributed by atoms with Gasteiger partial charge in [-0.15, -0.1) is 0 Å². The molecule has 0 bridgehead atoms. The lowest BCUT2D eigenvalue weighted by Crippen LogP contribution is -2.25. The molecular formula is C11H14ClNO2S. The average molecular weight is 260 g/mol. The van der Waals surface area contributed by atoms with Crippen molar-refractivity contribution in [3.8, 4) is 0 Å². The SMILES string of the molecule is Cc1cc(S(=O)(=O)CNC2CC2)ccc1Cl. The van der Waals surface area contributed by atoms with Gasteiger partial charge in [0.25, 0.3) is 0 Å². The highest BCUT2D eigenvalue weighted by Gasteiger charge is 2.24. The van der Waals surface area contributed by atoms with Crippen LogP contribution in [0.25, 0.3) is 0 Å². The lowest BCUT2D eigenvalue weighted by Gasteiger charge is -2.07. The summed E-state index contributed by atoms with van der Waals surface area (Å²) in [5, 5.41) is 3.60. The van der Waals surface area contributed by atoms with Crippen molar-refractivity contribution in [1.29, 1.82) is 0 Å². The van der Waals surface area contributed by atoms with Gasteiger partial charge in [-0.2, -0.15) is 0 Å². The lowest BCUT2D eigenvalue weighted by molar-refractivity contribution is 0.586. The third kappa shape index (κ3) is 2.75. The predicted molar refractivity (Wildman–Crippen MR) is 64.4 cm³/mol. The van der Waals surface area contributed by atoms with E-state index in [1.165, 1.54) is 0 Å². The van der Waals surface area contributed by atoms with Crippen LogP contribution in [0.4, 0.5) is 0 Å². The minimum atomic E-state index is -3.22. The Morgan fingerprint density at radius 2 is 2.12 bits per heavy atom. The van der Waals surface area contributed by atoms with Crippen LogP contribution in [0.15, 0.2) is 23.1 Å². The molecule has 0 unspecified atom stereocenters. The summed E-state index contributed by atoms with van der Waals surface area (Å²) < 4.78 is 23.8. The van der Waals surface area contributed by atoms with Crippen LogP contribution in [-0.4, -0.2) is 20.3 Å². The predicted octanol–water partition coefficient (Wildman–Crippen LogP) is 2.13. The van der Waals surface area contributed by atoms with Crippen LogP contribution in [-0.2, 0) is 9.84 Å². The van der Waals surface area contributed by atoms with Gasteiger partial charge in [-0.25, -0.2) is 8.42 Å². The molecule has 88 valence electrons. The Kier molecular flexibility index (Phi) is 3.24. The highest BCUT2D eigenvalue weighted by Crippen LogP contribution is 2.22. The standard InChI is InChI=1S/C11H14ClNO2S/c1-8-6-10(4-5-11(8)12)16(14,15)7-13-9-2-3-9/h4-6,9,13H,2-3,7H2,1H3. The Hall–Kier alpha value is -0.580. The van der Waals surface area contributed by atoms with E-state index in [-0.39, 0.29) is 5.88 Å². The van der Waals surface area contributed by atoms with Crippen molar-refractivity contribution in [2.75, 3.05) is 5.88 Å². The van der Waals surface area contributed by atoms with E-state index in [4.69, 9.17) is 11.6 Å². The van der Waals surface area contributed by atoms with E-state index < -0.39 is 9.84 Å². The fraction of sp³-hybridized carbons (Fsp3) is 0.455. The van der Waals surface area contributed by atoms with Gasteiger partial charge in [0.2, 0.25) is 0 Å². The third-order valence-corrected chi connectivity index (χ3v) is 4.57. The highest BCUT2D eigenvalue weighted by molar-refractivity contribution is 7.91. The van der Waals surface area contributed by atoms with Crippen molar-refractivity contribution in [2.45, 2.75) is 30.7 Å². The molecule has 1 aromatic carbocycles. The van der Waals surface area contributed by atoms with Gasteiger partial charge in [0.15, 0.2) is 9.84 Å². The van der Waals surface area contributed by atoms with Gasteiger partial charge in [0, 0.05) is 11.1 Å². The first kappa shape index (κ1) is 11.9. The maximum atomic E-state index is 11.9. The van der Waals surface area contributed by atoms with E-state index in [0.29, 0.717) is 16.0 Å². The second kappa shape index (κ2) is 4.35. The van der Waals surface area contributed by atoms with E-state index in [1.807, 2.05) is 0 Å². The summed E-state index contributed by atoms with van der Waals surface area (Å²) in [4.78, 5) is 0.336. The molecule has 2 rings (SSSR count). The molecule has 0 amide bonds. The number of nitrogens with one attached hydrogen (secondary N) is 1. The molecule has 0 heterocycles. The Bertz CT molecular complexity index is 495. The second-order valence-electron chi connectivity index (χ2n) is 4.15. The topological polar surface area (TPSA) is 46.2 Å². The summed E-state index contributed by atoms with van der Waals surface area (Å²) in [5.74, 6) is 0.0126. The summed E-state index contributed by atoms with van der Waals surface area (Å²) >= 11 is 5.86. The van der Waals surface area contributed by atoms with E-state index in [0.717, 1.165) is 18.4 Å². The van der Waals surface area contributed by atoms with Crippen LogP contribution < -0.4 is 5.32 Å². The Balaban J connectivity index is 2.17. The minimum absolute atomic E-state index is 0.0126. The van der Waals surface area contributed by atoms with Gasteiger partial charge in [-0.1, -0.05) is 11.6 Å². The van der Waals surface area contributed by atoms with Gasteiger partial charge in [-0.3, -0.25) is 0 Å². The first-order valence-corrected chi connectivity index (χ1v) is 7.24. The average Bonchev–Trinajstić information content (AvgIpc) is 3.03. The quantitative estimate of drug-likeness (QED) is 0.901. The molecule has 16 heavy (non-hydrogen) atoms. The van der Waals surface area contributed by atoms with Crippen molar-refractivity contribution in [2.24, 2.45) is 0 Å². The molecular weight excluding hydrogens is 246 g/mol. The lowest BCUT2D eigenvalue weighted by atomic mass is 10.2. The maximum Gasteiger partial charge on any atom is 0.191 e. The number of aryl methyl sites for hydroxylation is 1. The number of halogens is 1. The molecule has 1 saturated carbocycles. The normalized spacial score (nSPS) is 16.4. The molecule has 5 heteroatoms. The van der Waals surface area contributed by atoms with Crippen LogP contribution in [0.2, 0.25) is 5.02 Å². The number of hydrogen-bond acceptors (Lipinski definition) is 3. The van der Waals surface area contributed by atoms with Crippen LogP contribution >= 0.6 is 11.6 Å². The zero-order valence-corrected chi connectivity index (χ0v) is 10.6. The van der Waals surface area contributed by atoms with Gasteiger partial charge in [0.1, 0.15) is 5.88 Å². The number of sulfone groups is 1. The molecule has 0 saturated heterocycles. The van der Waals surface area contributed by atoms with Gasteiger partial charge < -0.3 is 5.32 Å². The first-order chi connectivity index (χ1) is 7.49. The molecule has 1 aromatic rings. The third-order valence-electron chi connectivity index (χ3n) is 2.63. The van der Waals surface area contributed by atoms with Gasteiger partial charge >= 0.3 is 0 Å². The van der Waals surface area contributed by atoms with E-state index in [1.54, 1.807) is 25.1 Å². The molecule has 1 aliphatic carbocycles.